The van der Waals surface area contributed by atoms with Crippen molar-refractivity contribution in [3.05, 3.63) is 18.0 Å². The Labute approximate surface area is 120 Å². The lowest BCUT2D eigenvalue weighted by molar-refractivity contribution is 0.0309. The molecule has 2 N–H and O–H groups in total. The van der Waals surface area contributed by atoms with E-state index in [4.69, 9.17) is 9.88 Å². The third kappa shape index (κ3) is 4.08. The highest BCUT2D eigenvalue weighted by Gasteiger charge is 2.22. The van der Waals surface area contributed by atoms with Crippen LogP contribution in [-0.2, 0) is 14.8 Å². The lowest BCUT2D eigenvalue weighted by Crippen LogP contribution is -2.18. The predicted molar refractivity (Wildman–Crippen MR) is 76.0 cm³/mol. The molecule has 1 heterocycles. The second-order valence-electron chi connectivity index (χ2n) is 5.11. The van der Waals surface area contributed by atoms with Gasteiger partial charge in [0.05, 0.1) is 6.10 Å². The number of esters is 1. The molecular formula is C13H22N2O4S. The van der Waals surface area contributed by atoms with Crippen molar-refractivity contribution in [2.24, 2.45) is 5.14 Å². The first kappa shape index (κ1) is 16.7. The normalized spacial score (nSPS) is 13.5. The first-order valence-corrected chi connectivity index (χ1v) is 8.17. The van der Waals surface area contributed by atoms with E-state index < -0.39 is 16.0 Å². The topological polar surface area (TPSA) is 91.4 Å². The van der Waals surface area contributed by atoms with Crippen molar-refractivity contribution < 1.29 is 17.9 Å². The van der Waals surface area contributed by atoms with Gasteiger partial charge in [0.15, 0.2) is 0 Å². The Kier molecular flexibility index (Phi) is 5.35. The molecule has 0 amide bonds. The van der Waals surface area contributed by atoms with Gasteiger partial charge in [-0.3, -0.25) is 0 Å². The van der Waals surface area contributed by atoms with Crippen LogP contribution in [0.3, 0.4) is 0 Å². The first-order chi connectivity index (χ1) is 9.16. The molecule has 0 radical (unpaired) electrons. The van der Waals surface area contributed by atoms with E-state index in [0.29, 0.717) is 0 Å². The summed E-state index contributed by atoms with van der Waals surface area (Å²) in [5, 5.41) is 5.10. The molecule has 0 aromatic carbocycles. The van der Waals surface area contributed by atoms with Crippen molar-refractivity contribution in [3.63, 3.8) is 0 Å². The number of rotatable bonds is 6. The average molecular weight is 302 g/mol. The quantitative estimate of drug-likeness (QED) is 0.814. The van der Waals surface area contributed by atoms with E-state index in [1.807, 2.05) is 27.7 Å². The number of aromatic nitrogens is 1. The zero-order chi connectivity index (χ0) is 15.5. The van der Waals surface area contributed by atoms with Crippen molar-refractivity contribution in [2.45, 2.75) is 57.6 Å². The summed E-state index contributed by atoms with van der Waals surface area (Å²) in [6.45, 7) is 7.50. The van der Waals surface area contributed by atoms with Gasteiger partial charge in [-0.25, -0.2) is 18.4 Å². The maximum Gasteiger partial charge on any atom is 0.355 e. The highest BCUT2D eigenvalue weighted by atomic mass is 32.2. The van der Waals surface area contributed by atoms with Crippen molar-refractivity contribution in [3.8, 4) is 0 Å². The van der Waals surface area contributed by atoms with E-state index in [1.165, 1.54) is 12.3 Å². The van der Waals surface area contributed by atoms with E-state index in [2.05, 4.69) is 0 Å². The van der Waals surface area contributed by atoms with Crippen LogP contribution < -0.4 is 5.14 Å². The Morgan fingerprint density at radius 1 is 1.40 bits per heavy atom. The molecule has 1 aromatic rings. The summed E-state index contributed by atoms with van der Waals surface area (Å²) in [6, 6.07) is 1.19. The lowest BCUT2D eigenvalue weighted by atomic mass is 10.2. The minimum Gasteiger partial charge on any atom is -0.458 e. The number of nitrogens with zero attached hydrogens (tertiary/aromatic N) is 1. The highest BCUT2D eigenvalue weighted by molar-refractivity contribution is 7.89. The Morgan fingerprint density at radius 3 is 2.45 bits per heavy atom. The zero-order valence-electron chi connectivity index (χ0n) is 12.3. The van der Waals surface area contributed by atoms with E-state index in [1.54, 1.807) is 4.57 Å². The smallest absolute Gasteiger partial charge is 0.355 e. The van der Waals surface area contributed by atoms with Crippen molar-refractivity contribution in [2.75, 3.05) is 0 Å². The van der Waals surface area contributed by atoms with Crippen molar-refractivity contribution >= 4 is 16.0 Å². The minimum absolute atomic E-state index is 0.0745. The minimum atomic E-state index is -3.84. The molecule has 7 heteroatoms. The predicted octanol–water partition coefficient (Wildman–Crippen LogP) is 2.06. The largest absolute Gasteiger partial charge is 0.458 e. The van der Waals surface area contributed by atoms with Gasteiger partial charge >= 0.3 is 5.97 Å². The molecule has 1 rings (SSSR count). The van der Waals surface area contributed by atoms with Gasteiger partial charge in [0.1, 0.15) is 10.6 Å². The molecule has 20 heavy (non-hydrogen) atoms. The van der Waals surface area contributed by atoms with Crippen LogP contribution in [0.1, 0.15) is 57.1 Å². The molecule has 114 valence electrons. The third-order valence-corrected chi connectivity index (χ3v) is 3.80. The molecular weight excluding hydrogens is 280 g/mol. The number of hydrogen-bond donors (Lipinski definition) is 1. The monoisotopic (exact) mass is 302 g/mol. The van der Waals surface area contributed by atoms with E-state index in [0.717, 1.165) is 12.8 Å². The second-order valence-corrected chi connectivity index (χ2v) is 6.67. The number of ether oxygens (including phenoxy) is 1. The van der Waals surface area contributed by atoms with Gasteiger partial charge in [-0.15, -0.1) is 0 Å². The van der Waals surface area contributed by atoms with Gasteiger partial charge in [0.25, 0.3) is 0 Å². The van der Waals surface area contributed by atoms with E-state index in [9.17, 15) is 13.2 Å². The SMILES string of the molecule is CCCC(C)OC(=O)c1cc(S(N)(=O)=O)cn1C(C)C. The van der Waals surface area contributed by atoms with Crippen LogP contribution in [0.2, 0.25) is 0 Å². The summed E-state index contributed by atoms with van der Waals surface area (Å²) in [6.07, 6.45) is 2.82. The first-order valence-electron chi connectivity index (χ1n) is 6.62. The third-order valence-electron chi connectivity index (χ3n) is 2.92. The molecule has 1 unspecified atom stereocenters. The molecule has 0 saturated heterocycles. The van der Waals surface area contributed by atoms with Crippen molar-refractivity contribution in [1.29, 1.82) is 0 Å². The van der Waals surface area contributed by atoms with Crippen molar-refractivity contribution in [1.82, 2.24) is 4.57 Å². The number of carbonyl (C=O) groups excluding carboxylic acids is 1. The standard InChI is InChI=1S/C13H22N2O4S/c1-5-6-10(4)19-13(16)12-7-11(20(14,17)18)8-15(12)9(2)3/h7-10H,5-6H2,1-4H3,(H2,14,17,18). The van der Waals surface area contributed by atoms with E-state index in [-0.39, 0.29) is 22.7 Å². The summed E-state index contributed by atoms with van der Waals surface area (Å²) in [5.74, 6) is -0.533. The van der Waals surface area contributed by atoms with Crippen LogP contribution in [0.15, 0.2) is 17.2 Å². The molecule has 1 atom stereocenters. The zero-order valence-corrected chi connectivity index (χ0v) is 13.1. The Bertz CT molecular complexity index is 575. The summed E-state index contributed by atoms with van der Waals surface area (Å²) < 4.78 is 29.6. The molecule has 0 aliphatic carbocycles. The van der Waals surface area contributed by atoms with Crippen LogP contribution in [0.5, 0.6) is 0 Å². The maximum atomic E-state index is 12.1. The van der Waals surface area contributed by atoms with E-state index >= 15 is 0 Å². The number of nitrogens with two attached hydrogens (primary N) is 1. The van der Waals surface area contributed by atoms with Crippen LogP contribution in [0, 0.1) is 0 Å². The summed E-state index contributed by atoms with van der Waals surface area (Å²) in [7, 11) is -3.84. The molecule has 0 fully saturated rings. The molecule has 6 nitrogen and oxygen atoms in total. The molecule has 0 saturated carbocycles. The number of sulfonamides is 1. The van der Waals surface area contributed by atoms with Gasteiger partial charge in [0, 0.05) is 12.2 Å². The Balaban J connectivity index is 3.10. The number of primary sulfonamides is 1. The van der Waals surface area contributed by atoms with Crippen LogP contribution in [0.4, 0.5) is 0 Å². The summed E-state index contributed by atoms with van der Waals surface area (Å²) in [5.41, 5.74) is 0.201. The highest BCUT2D eigenvalue weighted by Crippen LogP contribution is 2.19. The number of hydrogen-bond acceptors (Lipinski definition) is 4. The summed E-state index contributed by atoms with van der Waals surface area (Å²) >= 11 is 0. The molecule has 0 spiro atoms. The average Bonchev–Trinajstić information content (AvgIpc) is 2.73. The van der Waals surface area contributed by atoms with Crippen LogP contribution in [0.25, 0.3) is 0 Å². The van der Waals surface area contributed by atoms with Gasteiger partial charge in [0.2, 0.25) is 10.0 Å². The molecule has 1 aromatic heterocycles. The Morgan fingerprint density at radius 2 is 2.00 bits per heavy atom. The number of carbonyl (C=O) groups is 1. The van der Waals surface area contributed by atoms with Gasteiger partial charge in [-0.05, 0) is 33.3 Å². The summed E-state index contributed by atoms with van der Waals surface area (Å²) in [4.78, 5) is 12.0. The fourth-order valence-electron chi connectivity index (χ4n) is 1.91. The Hall–Kier alpha value is -1.34. The fraction of sp³-hybridized carbons (Fsp3) is 0.615. The van der Waals surface area contributed by atoms with Crippen LogP contribution >= 0.6 is 0 Å². The van der Waals surface area contributed by atoms with Crippen LogP contribution in [-0.4, -0.2) is 25.1 Å². The fourth-order valence-corrected chi connectivity index (χ4v) is 2.45. The molecule has 0 aliphatic rings. The van der Waals surface area contributed by atoms with Gasteiger partial charge in [-0.2, -0.15) is 0 Å². The lowest BCUT2D eigenvalue weighted by Gasteiger charge is -2.15. The molecule has 0 bridgehead atoms. The van der Waals surface area contributed by atoms with Gasteiger partial charge in [-0.1, -0.05) is 13.3 Å². The second kappa shape index (κ2) is 6.41. The van der Waals surface area contributed by atoms with Gasteiger partial charge < -0.3 is 9.30 Å². The molecule has 0 aliphatic heterocycles. The maximum absolute atomic E-state index is 12.1.